The Morgan fingerprint density at radius 2 is 1.95 bits per heavy atom. The Hall–Kier alpha value is -2.76. The quantitative estimate of drug-likeness (QED) is 0.798. The molecule has 6 nitrogen and oxygen atoms in total. The van der Waals surface area contributed by atoms with Gasteiger partial charge in [0, 0.05) is 18.3 Å². The Bertz CT molecular complexity index is 742. The second-order valence-electron chi connectivity index (χ2n) is 4.66. The van der Waals surface area contributed by atoms with Gasteiger partial charge in [-0.1, -0.05) is 0 Å². The fraction of sp³-hybridized carbons (Fsp3) is 0.200. The van der Waals surface area contributed by atoms with E-state index in [9.17, 15) is 0 Å². The Labute approximate surface area is 122 Å². The van der Waals surface area contributed by atoms with Crippen LogP contribution < -0.4 is 10.5 Å². The van der Waals surface area contributed by atoms with Gasteiger partial charge in [0.05, 0.1) is 30.9 Å². The van der Waals surface area contributed by atoms with Crippen LogP contribution in [-0.4, -0.2) is 26.7 Å². The lowest BCUT2D eigenvalue weighted by molar-refractivity contribution is 0.414. The fourth-order valence-electron chi connectivity index (χ4n) is 2.14. The predicted molar refractivity (Wildman–Crippen MR) is 81.4 cm³/mol. The number of methoxy groups -OCH3 is 1. The van der Waals surface area contributed by atoms with Crippen LogP contribution in [0, 0.1) is 0 Å². The summed E-state index contributed by atoms with van der Waals surface area (Å²) in [4.78, 5) is 0. The van der Waals surface area contributed by atoms with Gasteiger partial charge in [-0.25, -0.2) is 4.68 Å². The first-order chi connectivity index (χ1) is 10.2. The first kappa shape index (κ1) is 13.2. The molecule has 0 spiro atoms. The van der Waals surface area contributed by atoms with Gasteiger partial charge in [-0.3, -0.25) is 4.68 Å². The molecule has 0 bridgehead atoms. The topological polar surface area (TPSA) is 70.9 Å². The molecule has 0 radical (unpaired) electrons. The van der Waals surface area contributed by atoms with Gasteiger partial charge in [0.25, 0.3) is 0 Å². The minimum atomic E-state index is 0.626. The Balaban J connectivity index is 1.96. The third kappa shape index (κ3) is 2.47. The van der Waals surface area contributed by atoms with Gasteiger partial charge in [0.15, 0.2) is 0 Å². The van der Waals surface area contributed by atoms with E-state index in [1.807, 2.05) is 42.1 Å². The van der Waals surface area contributed by atoms with Gasteiger partial charge in [-0.05, 0) is 31.2 Å². The third-order valence-electron chi connectivity index (χ3n) is 3.31. The molecule has 0 unspecified atom stereocenters. The molecule has 21 heavy (non-hydrogen) atoms. The van der Waals surface area contributed by atoms with Crippen LogP contribution in [0.4, 0.5) is 5.69 Å². The average molecular weight is 283 g/mol. The molecule has 6 heteroatoms. The monoisotopic (exact) mass is 283 g/mol. The zero-order chi connectivity index (χ0) is 14.8. The van der Waals surface area contributed by atoms with E-state index in [1.165, 1.54) is 0 Å². The highest BCUT2D eigenvalue weighted by molar-refractivity contribution is 5.71. The average Bonchev–Trinajstić information content (AvgIpc) is 3.13. The standard InChI is InChI=1S/C15H17N5O/c1-3-19-9-11(8-17-19)15-14(16)10-20(18-15)12-4-6-13(21-2)7-5-12/h4-10H,3,16H2,1-2H3. The van der Waals surface area contributed by atoms with E-state index in [4.69, 9.17) is 10.5 Å². The van der Waals surface area contributed by atoms with Crippen molar-refractivity contribution in [1.82, 2.24) is 19.6 Å². The van der Waals surface area contributed by atoms with E-state index in [0.29, 0.717) is 5.69 Å². The number of ether oxygens (including phenoxy) is 1. The molecular weight excluding hydrogens is 266 g/mol. The van der Waals surface area contributed by atoms with E-state index < -0.39 is 0 Å². The molecule has 2 aromatic heterocycles. The summed E-state index contributed by atoms with van der Waals surface area (Å²) in [6, 6.07) is 7.65. The number of nitrogen functional groups attached to an aromatic ring is 1. The first-order valence-electron chi connectivity index (χ1n) is 6.73. The van der Waals surface area contributed by atoms with Gasteiger partial charge in [-0.15, -0.1) is 0 Å². The highest BCUT2D eigenvalue weighted by Crippen LogP contribution is 2.25. The molecule has 0 fully saturated rings. The molecule has 0 saturated heterocycles. The van der Waals surface area contributed by atoms with Crippen molar-refractivity contribution in [1.29, 1.82) is 0 Å². The maximum atomic E-state index is 6.07. The van der Waals surface area contributed by atoms with Gasteiger partial charge >= 0.3 is 0 Å². The summed E-state index contributed by atoms with van der Waals surface area (Å²) < 4.78 is 8.76. The Morgan fingerprint density at radius 3 is 2.57 bits per heavy atom. The lowest BCUT2D eigenvalue weighted by atomic mass is 10.2. The maximum Gasteiger partial charge on any atom is 0.119 e. The van der Waals surface area contributed by atoms with Gasteiger partial charge in [0.2, 0.25) is 0 Å². The Morgan fingerprint density at radius 1 is 1.19 bits per heavy atom. The van der Waals surface area contributed by atoms with E-state index >= 15 is 0 Å². The number of nitrogens with two attached hydrogens (primary N) is 1. The number of anilines is 1. The molecule has 0 amide bonds. The molecule has 108 valence electrons. The highest BCUT2D eigenvalue weighted by atomic mass is 16.5. The third-order valence-corrected chi connectivity index (χ3v) is 3.31. The van der Waals surface area contributed by atoms with Crippen molar-refractivity contribution in [2.45, 2.75) is 13.5 Å². The number of benzene rings is 1. The van der Waals surface area contributed by atoms with Crippen molar-refractivity contribution in [3.05, 3.63) is 42.9 Å². The van der Waals surface area contributed by atoms with E-state index in [1.54, 1.807) is 24.2 Å². The summed E-state index contributed by atoms with van der Waals surface area (Å²) in [7, 11) is 1.64. The summed E-state index contributed by atoms with van der Waals surface area (Å²) in [5.41, 5.74) is 9.29. The minimum absolute atomic E-state index is 0.626. The van der Waals surface area contributed by atoms with Crippen molar-refractivity contribution >= 4 is 5.69 Å². The molecule has 3 aromatic rings. The van der Waals surface area contributed by atoms with Gasteiger partial charge in [0.1, 0.15) is 11.4 Å². The zero-order valence-electron chi connectivity index (χ0n) is 12.0. The smallest absolute Gasteiger partial charge is 0.119 e. The molecule has 2 N–H and O–H groups in total. The van der Waals surface area contributed by atoms with Crippen molar-refractivity contribution in [2.24, 2.45) is 0 Å². The normalized spacial score (nSPS) is 10.8. The highest BCUT2D eigenvalue weighted by Gasteiger charge is 2.11. The number of rotatable bonds is 4. The van der Waals surface area contributed by atoms with Crippen molar-refractivity contribution in [3.8, 4) is 22.7 Å². The van der Waals surface area contributed by atoms with Crippen molar-refractivity contribution in [2.75, 3.05) is 12.8 Å². The summed E-state index contributed by atoms with van der Waals surface area (Å²) in [6.45, 7) is 2.86. The molecule has 1 aromatic carbocycles. The number of aryl methyl sites for hydroxylation is 1. The lowest BCUT2D eigenvalue weighted by Gasteiger charge is -2.02. The molecule has 0 saturated carbocycles. The zero-order valence-corrected chi connectivity index (χ0v) is 12.0. The molecular formula is C15H17N5O. The lowest BCUT2D eigenvalue weighted by Crippen LogP contribution is -1.95. The molecule has 0 aliphatic rings. The van der Waals surface area contributed by atoms with Crippen LogP contribution in [0.2, 0.25) is 0 Å². The van der Waals surface area contributed by atoms with Gasteiger partial charge < -0.3 is 10.5 Å². The van der Waals surface area contributed by atoms with E-state index in [2.05, 4.69) is 10.2 Å². The molecule has 0 atom stereocenters. The molecule has 0 aliphatic heterocycles. The van der Waals surface area contributed by atoms with Crippen molar-refractivity contribution < 1.29 is 4.74 Å². The number of nitrogens with zero attached hydrogens (tertiary/aromatic N) is 4. The summed E-state index contributed by atoms with van der Waals surface area (Å²) >= 11 is 0. The SMILES string of the molecule is CCn1cc(-c2nn(-c3ccc(OC)cc3)cc2N)cn1. The summed E-state index contributed by atoms with van der Waals surface area (Å²) in [5.74, 6) is 0.809. The maximum absolute atomic E-state index is 6.07. The van der Waals surface area contributed by atoms with Crippen LogP contribution in [0.1, 0.15) is 6.92 Å². The van der Waals surface area contributed by atoms with E-state index in [-0.39, 0.29) is 0 Å². The van der Waals surface area contributed by atoms with E-state index in [0.717, 1.165) is 29.2 Å². The summed E-state index contributed by atoms with van der Waals surface area (Å²) in [6.07, 6.45) is 5.53. The summed E-state index contributed by atoms with van der Waals surface area (Å²) in [5, 5.41) is 8.80. The molecule has 0 aliphatic carbocycles. The first-order valence-corrected chi connectivity index (χ1v) is 6.73. The second-order valence-corrected chi connectivity index (χ2v) is 4.66. The van der Waals surface area contributed by atoms with Crippen LogP contribution in [0.5, 0.6) is 5.75 Å². The van der Waals surface area contributed by atoms with Crippen LogP contribution >= 0.6 is 0 Å². The predicted octanol–water partition coefficient (Wildman–Crippen LogP) is 2.35. The molecule has 3 rings (SSSR count). The molecule has 2 heterocycles. The number of aromatic nitrogens is 4. The van der Waals surface area contributed by atoms with Crippen LogP contribution in [0.15, 0.2) is 42.9 Å². The number of hydrogen-bond acceptors (Lipinski definition) is 4. The largest absolute Gasteiger partial charge is 0.497 e. The second kappa shape index (κ2) is 5.32. The Kier molecular flexibility index (Phi) is 3.35. The van der Waals surface area contributed by atoms with Gasteiger partial charge in [-0.2, -0.15) is 10.2 Å². The van der Waals surface area contributed by atoms with Crippen LogP contribution in [0.3, 0.4) is 0 Å². The van der Waals surface area contributed by atoms with Crippen molar-refractivity contribution in [3.63, 3.8) is 0 Å². The van der Waals surface area contributed by atoms with Crippen LogP contribution in [-0.2, 0) is 6.54 Å². The minimum Gasteiger partial charge on any atom is -0.497 e. The number of hydrogen-bond donors (Lipinski definition) is 1. The van der Waals surface area contributed by atoms with Crippen LogP contribution in [0.25, 0.3) is 16.9 Å². The fourth-order valence-corrected chi connectivity index (χ4v) is 2.14.